The van der Waals surface area contributed by atoms with Crippen molar-refractivity contribution >= 4 is 11.9 Å². The summed E-state index contributed by atoms with van der Waals surface area (Å²) in [7, 11) is 0. The number of hydrogen-bond donors (Lipinski definition) is 0. The normalized spacial score (nSPS) is 10.0. The van der Waals surface area contributed by atoms with Gasteiger partial charge < -0.3 is 10.9 Å². The molecule has 0 aliphatic rings. The zero-order chi connectivity index (χ0) is 13.7. The van der Waals surface area contributed by atoms with Crippen molar-refractivity contribution in [1.29, 1.82) is 0 Å². The van der Waals surface area contributed by atoms with Crippen LogP contribution in [0.15, 0.2) is 24.3 Å². The van der Waals surface area contributed by atoms with E-state index in [9.17, 15) is 9.59 Å². The van der Waals surface area contributed by atoms with Gasteiger partial charge in [0.15, 0.2) is 0 Å². The Morgan fingerprint density at radius 3 is 1.32 bits per heavy atom. The summed E-state index contributed by atoms with van der Waals surface area (Å²) in [6, 6.07) is 6.23. The molecule has 0 radical (unpaired) electrons. The molecule has 19 heavy (non-hydrogen) atoms. The Balaban J connectivity index is 0. The predicted octanol–water partition coefficient (Wildman–Crippen LogP) is -0.0665. The van der Waals surface area contributed by atoms with E-state index in [1.807, 2.05) is 0 Å². The minimum absolute atomic E-state index is 0. The molecular weight excluding hydrogens is 255 g/mol. The fourth-order valence-electron chi connectivity index (χ4n) is 1.31. The van der Waals surface area contributed by atoms with Gasteiger partial charge in [0.1, 0.15) is 0 Å². The van der Waals surface area contributed by atoms with Gasteiger partial charge in [-0.1, -0.05) is 0 Å². The molecule has 0 bridgehead atoms. The van der Waals surface area contributed by atoms with Gasteiger partial charge in [-0.15, -0.1) is 0 Å². The van der Waals surface area contributed by atoms with Crippen molar-refractivity contribution in [2.45, 2.75) is 39.9 Å². The van der Waals surface area contributed by atoms with Gasteiger partial charge in [-0.3, -0.25) is 0 Å². The molecule has 0 atom stereocenters. The molecule has 0 heterocycles. The molecule has 1 rings (SSSR count). The third-order valence-corrected chi connectivity index (χ3v) is 2.04. The molecule has 5 heteroatoms. The van der Waals surface area contributed by atoms with Crippen molar-refractivity contribution in [3.63, 3.8) is 0 Å². The third-order valence-electron chi connectivity index (χ3n) is 2.04. The number of hydrogen-bond acceptors (Lipinski definition) is 4. The van der Waals surface area contributed by atoms with Gasteiger partial charge in [0.2, 0.25) is 0 Å². The first-order valence-corrected chi connectivity index (χ1v) is 5.92. The topological polar surface area (TPSA) is 52.6 Å². The van der Waals surface area contributed by atoms with E-state index in [-0.39, 0.29) is 43.2 Å². The monoisotopic (exact) mass is 274 g/mol. The summed E-state index contributed by atoms with van der Waals surface area (Å²) in [6.45, 7) is 7.14. The number of rotatable bonds is 4. The number of esters is 2. The van der Waals surface area contributed by atoms with E-state index in [0.717, 1.165) is 0 Å². The molecule has 0 aromatic heterocycles. The van der Waals surface area contributed by atoms with Crippen molar-refractivity contribution in [1.82, 2.24) is 0 Å². The molecule has 0 saturated heterocycles. The fraction of sp³-hybridized carbons (Fsp3) is 0.429. The van der Waals surface area contributed by atoms with E-state index in [4.69, 9.17) is 9.47 Å². The zero-order valence-corrected chi connectivity index (χ0v) is 14.1. The second-order valence-corrected chi connectivity index (χ2v) is 4.49. The summed E-state index contributed by atoms with van der Waals surface area (Å²) in [4.78, 5) is 23.2. The molecule has 0 aliphatic heterocycles. The average Bonchev–Trinajstić information content (AvgIpc) is 2.27. The van der Waals surface area contributed by atoms with Crippen molar-refractivity contribution in [2.75, 3.05) is 0 Å². The summed E-state index contributed by atoms with van der Waals surface area (Å²) >= 11 is 0. The molecule has 1 aromatic rings. The Bertz CT molecular complexity index is 388. The van der Waals surface area contributed by atoms with E-state index in [2.05, 4.69) is 0 Å². The summed E-state index contributed by atoms with van der Waals surface area (Å²) in [5.74, 6) is -0.789. The molecule has 1 aromatic carbocycles. The first-order valence-electron chi connectivity index (χ1n) is 5.92. The molecule has 0 N–H and O–H groups in total. The summed E-state index contributed by atoms with van der Waals surface area (Å²) in [5.41, 5.74) is 0.842. The van der Waals surface area contributed by atoms with Crippen LogP contribution >= 0.6 is 0 Å². The second-order valence-electron chi connectivity index (χ2n) is 4.49. The molecule has 0 spiro atoms. The fourth-order valence-corrected chi connectivity index (χ4v) is 1.31. The van der Waals surface area contributed by atoms with Gasteiger partial charge in [-0.25, -0.2) is 9.59 Å². The average molecular weight is 274 g/mol. The maximum absolute atomic E-state index is 11.6. The minimum atomic E-state index is -0.395. The summed E-state index contributed by atoms with van der Waals surface area (Å²) in [5, 5.41) is 0. The van der Waals surface area contributed by atoms with Crippen LogP contribution in [0.5, 0.6) is 0 Å². The Kier molecular flexibility index (Phi) is 7.99. The first kappa shape index (κ1) is 18.2. The van der Waals surface area contributed by atoms with E-state index >= 15 is 0 Å². The van der Waals surface area contributed by atoms with Gasteiger partial charge in [0, 0.05) is 0 Å². The van der Waals surface area contributed by atoms with Gasteiger partial charge in [0.05, 0.1) is 23.3 Å². The SMILES string of the molecule is CC(C)OC(=O)c1ccc(C(=O)OC(C)C)cc1.[H-].[Na+]. The van der Waals surface area contributed by atoms with Crippen LogP contribution in [0.3, 0.4) is 0 Å². The zero-order valence-electron chi connectivity index (χ0n) is 13.1. The predicted molar refractivity (Wildman–Crippen MR) is 68.7 cm³/mol. The summed E-state index contributed by atoms with van der Waals surface area (Å²) in [6.07, 6.45) is -0.328. The third kappa shape index (κ3) is 6.23. The van der Waals surface area contributed by atoms with Crippen LogP contribution in [0, 0.1) is 0 Å². The number of ether oxygens (including phenoxy) is 2. The van der Waals surface area contributed by atoms with Crippen LogP contribution in [0.2, 0.25) is 0 Å². The molecular formula is C14H19NaO4. The first-order chi connectivity index (χ1) is 8.40. The van der Waals surface area contributed by atoms with Crippen molar-refractivity contribution < 1.29 is 50.0 Å². The van der Waals surface area contributed by atoms with Crippen LogP contribution in [-0.2, 0) is 9.47 Å². The quantitative estimate of drug-likeness (QED) is 0.570. The van der Waals surface area contributed by atoms with Crippen LogP contribution in [-0.4, -0.2) is 24.1 Å². The molecule has 100 valence electrons. The number of carbonyl (C=O) groups is 2. The van der Waals surface area contributed by atoms with E-state index in [0.29, 0.717) is 11.1 Å². The molecule has 0 amide bonds. The molecule has 0 unspecified atom stereocenters. The maximum Gasteiger partial charge on any atom is 1.00 e. The van der Waals surface area contributed by atoms with Crippen molar-refractivity contribution in [3.05, 3.63) is 35.4 Å². The molecule has 0 saturated carbocycles. The van der Waals surface area contributed by atoms with Crippen LogP contribution in [0.4, 0.5) is 0 Å². The Hall–Kier alpha value is -0.840. The second kappa shape index (κ2) is 8.35. The largest absolute Gasteiger partial charge is 1.00 e. The maximum atomic E-state index is 11.6. The molecule has 0 fully saturated rings. The van der Waals surface area contributed by atoms with Crippen LogP contribution in [0.25, 0.3) is 0 Å². The minimum Gasteiger partial charge on any atom is -1.00 e. The Morgan fingerprint density at radius 1 is 0.842 bits per heavy atom. The smallest absolute Gasteiger partial charge is 1.00 e. The van der Waals surface area contributed by atoms with Gasteiger partial charge >= 0.3 is 41.5 Å². The van der Waals surface area contributed by atoms with E-state index in [1.165, 1.54) is 0 Å². The summed E-state index contributed by atoms with van der Waals surface area (Å²) < 4.78 is 10.1. The van der Waals surface area contributed by atoms with E-state index < -0.39 is 11.9 Å². The number of carbonyl (C=O) groups excluding carboxylic acids is 2. The van der Waals surface area contributed by atoms with E-state index in [1.54, 1.807) is 52.0 Å². The molecule has 4 nitrogen and oxygen atoms in total. The van der Waals surface area contributed by atoms with Gasteiger partial charge in [-0.05, 0) is 52.0 Å². The van der Waals surface area contributed by atoms with Crippen LogP contribution < -0.4 is 29.6 Å². The van der Waals surface area contributed by atoms with Gasteiger partial charge in [0.25, 0.3) is 0 Å². The van der Waals surface area contributed by atoms with Gasteiger partial charge in [-0.2, -0.15) is 0 Å². The Labute approximate surface area is 137 Å². The number of benzene rings is 1. The van der Waals surface area contributed by atoms with Crippen LogP contribution in [0.1, 0.15) is 49.8 Å². The molecule has 0 aliphatic carbocycles. The van der Waals surface area contributed by atoms with Crippen molar-refractivity contribution in [2.24, 2.45) is 0 Å². The standard InChI is InChI=1S/C14H18O4.Na.H/c1-9(2)17-13(15)11-5-7-12(8-6-11)14(16)18-10(3)4;;/h5-10H,1-4H3;;/q;+1;-1. The van der Waals surface area contributed by atoms with Crippen molar-refractivity contribution in [3.8, 4) is 0 Å². The Morgan fingerprint density at radius 2 is 1.11 bits per heavy atom.